The minimum Gasteiger partial charge on any atom is -0.497 e. The quantitative estimate of drug-likeness (QED) is 0.763. The predicted octanol–water partition coefficient (Wildman–Crippen LogP) is 0.467. The predicted molar refractivity (Wildman–Crippen MR) is 61.5 cm³/mol. The molecule has 1 aliphatic heterocycles. The second-order valence-corrected chi connectivity index (χ2v) is 4.06. The van der Waals surface area contributed by atoms with Crippen molar-refractivity contribution >= 4 is 5.69 Å². The Hall–Kier alpha value is -1.22. The maximum absolute atomic E-state index is 5.25. The lowest BCUT2D eigenvalue weighted by Crippen LogP contribution is -2.91. The molecule has 3 nitrogen and oxygen atoms in total. The Morgan fingerprint density at radius 3 is 3.07 bits per heavy atom. The van der Waals surface area contributed by atoms with E-state index in [1.165, 1.54) is 18.8 Å². The van der Waals surface area contributed by atoms with Gasteiger partial charge in [0.2, 0.25) is 0 Å². The number of benzene rings is 1. The third-order valence-corrected chi connectivity index (χ3v) is 3.00. The van der Waals surface area contributed by atoms with Gasteiger partial charge in [0.15, 0.2) is 0 Å². The molecule has 82 valence electrons. The molecular formula is C12H19N2O+. The molecule has 1 heterocycles. The van der Waals surface area contributed by atoms with Crippen LogP contribution in [-0.2, 0) is 0 Å². The Kier molecular flexibility index (Phi) is 3.11. The summed E-state index contributed by atoms with van der Waals surface area (Å²) in [5.41, 5.74) is 1.27. The molecule has 1 fully saturated rings. The molecule has 0 radical (unpaired) electrons. The van der Waals surface area contributed by atoms with Crippen molar-refractivity contribution < 1.29 is 10.1 Å². The van der Waals surface area contributed by atoms with Gasteiger partial charge < -0.3 is 15.0 Å². The number of nitrogens with two attached hydrogens (primary N) is 1. The van der Waals surface area contributed by atoms with Gasteiger partial charge in [0.25, 0.3) is 0 Å². The molecule has 0 aromatic heterocycles. The van der Waals surface area contributed by atoms with Crippen molar-refractivity contribution in [2.45, 2.75) is 13.0 Å². The Morgan fingerprint density at radius 1 is 1.47 bits per heavy atom. The summed E-state index contributed by atoms with van der Waals surface area (Å²) in [5, 5.41) is 2.38. The Bertz CT molecular complexity index is 327. The molecule has 0 bridgehead atoms. The van der Waals surface area contributed by atoms with Crippen LogP contribution in [0.15, 0.2) is 24.3 Å². The maximum Gasteiger partial charge on any atom is 0.120 e. The highest BCUT2D eigenvalue weighted by atomic mass is 16.5. The molecule has 0 unspecified atom stereocenters. The van der Waals surface area contributed by atoms with Gasteiger partial charge in [-0.05, 0) is 19.1 Å². The van der Waals surface area contributed by atoms with Crippen LogP contribution in [-0.4, -0.2) is 32.8 Å². The normalized spacial score (nSPS) is 21.5. The highest BCUT2D eigenvalue weighted by molar-refractivity contribution is 5.51. The zero-order chi connectivity index (χ0) is 10.7. The van der Waals surface area contributed by atoms with Crippen LogP contribution in [0.2, 0.25) is 0 Å². The van der Waals surface area contributed by atoms with Crippen molar-refractivity contribution in [1.29, 1.82) is 0 Å². The first-order valence-corrected chi connectivity index (χ1v) is 5.53. The van der Waals surface area contributed by atoms with E-state index >= 15 is 0 Å². The number of hydrogen-bond donors (Lipinski definition) is 1. The molecule has 0 aliphatic carbocycles. The van der Waals surface area contributed by atoms with Crippen LogP contribution in [0.1, 0.15) is 6.92 Å². The second kappa shape index (κ2) is 4.53. The van der Waals surface area contributed by atoms with E-state index in [0.717, 1.165) is 12.3 Å². The van der Waals surface area contributed by atoms with Crippen molar-refractivity contribution in [2.75, 3.05) is 31.6 Å². The van der Waals surface area contributed by atoms with E-state index in [1.807, 2.05) is 6.07 Å². The lowest BCUT2D eigenvalue weighted by molar-refractivity contribution is -0.659. The number of hydrogen-bond acceptors (Lipinski definition) is 2. The number of ether oxygens (including phenoxy) is 1. The molecule has 0 spiro atoms. The monoisotopic (exact) mass is 207 g/mol. The molecule has 0 amide bonds. The fraction of sp³-hybridized carbons (Fsp3) is 0.500. The van der Waals surface area contributed by atoms with E-state index in [1.54, 1.807) is 7.11 Å². The van der Waals surface area contributed by atoms with Crippen molar-refractivity contribution in [3.8, 4) is 5.75 Å². The number of quaternary nitrogens is 1. The molecule has 1 aromatic rings. The minimum absolute atomic E-state index is 0.603. The van der Waals surface area contributed by atoms with Gasteiger partial charge in [-0.3, -0.25) is 0 Å². The molecule has 2 rings (SSSR count). The van der Waals surface area contributed by atoms with Gasteiger partial charge in [-0.15, -0.1) is 0 Å². The van der Waals surface area contributed by atoms with Gasteiger partial charge >= 0.3 is 0 Å². The average Bonchev–Trinajstić information content (AvgIpc) is 2.30. The lowest BCUT2D eigenvalue weighted by atomic mass is 10.2. The number of piperazine rings is 1. The van der Waals surface area contributed by atoms with Crippen LogP contribution in [0.5, 0.6) is 5.75 Å². The molecule has 1 aliphatic rings. The van der Waals surface area contributed by atoms with Crippen LogP contribution >= 0.6 is 0 Å². The summed E-state index contributed by atoms with van der Waals surface area (Å²) in [6.45, 7) is 5.75. The Labute approximate surface area is 91.0 Å². The van der Waals surface area contributed by atoms with E-state index in [0.29, 0.717) is 6.04 Å². The summed E-state index contributed by atoms with van der Waals surface area (Å²) in [4.78, 5) is 2.45. The minimum atomic E-state index is 0.603. The summed E-state index contributed by atoms with van der Waals surface area (Å²) < 4.78 is 5.25. The standard InChI is InChI=1S/C12H18N2O/c1-10-9-13-6-7-14(10)11-4-3-5-12(8-11)15-2/h3-5,8,10,13H,6-7,9H2,1-2H3/p+1/t10-/m1/s1. The molecular weight excluding hydrogens is 188 g/mol. The highest BCUT2D eigenvalue weighted by Crippen LogP contribution is 2.22. The Morgan fingerprint density at radius 2 is 2.33 bits per heavy atom. The SMILES string of the molecule is COc1cccc(N2CC[NH2+]C[C@H]2C)c1. The van der Waals surface area contributed by atoms with Gasteiger partial charge in [-0.2, -0.15) is 0 Å². The first-order chi connectivity index (χ1) is 7.31. The van der Waals surface area contributed by atoms with E-state index < -0.39 is 0 Å². The number of anilines is 1. The number of nitrogens with zero attached hydrogens (tertiary/aromatic N) is 1. The van der Waals surface area contributed by atoms with Crippen LogP contribution < -0.4 is 15.0 Å². The Balaban J connectivity index is 2.19. The van der Waals surface area contributed by atoms with Crippen molar-refractivity contribution in [2.24, 2.45) is 0 Å². The number of rotatable bonds is 2. The maximum atomic E-state index is 5.25. The van der Waals surface area contributed by atoms with Gasteiger partial charge in [0, 0.05) is 11.8 Å². The van der Waals surface area contributed by atoms with Crippen molar-refractivity contribution in [3.05, 3.63) is 24.3 Å². The fourth-order valence-electron chi connectivity index (χ4n) is 2.11. The van der Waals surface area contributed by atoms with Gasteiger partial charge in [0.1, 0.15) is 5.75 Å². The summed E-state index contributed by atoms with van der Waals surface area (Å²) in [6.07, 6.45) is 0. The first kappa shape index (κ1) is 10.3. The van der Waals surface area contributed by atoms with Crippen LogP contribution in [0.4, 0.5) is 5.69 Å². The topological polar surface area (TPSA) is 29.1 Å². The smallest absolute Gasteiger partial charge is 0.120 e. The molecule has 1 atom stereocenters. The summed E-state index contributed by atoms with van der Waals surface area (Å²) >= 11 is 0. The van der Waals surface area contributed by atoms with Gasteiger partial charge in [0.05, 0.1) is 32.8 Å². The van der Waals surface area contributed by atoms with Crippen molar-refractivity contribution in [3.63, 3.8) is 0 Å². The van der Waals surface area contributed by atoms with E-state index in [2.05, 4.69) is 35.3 Å². The third kappa shape index (κ3) is 2.23. The second-order valence-electron chi connectivity index (χ2n) is 4.06. The average molecular weight is 207 g/mol. The molecule has 15 heavy (non-hydrogen) atoms. The largest absolute Gasteiger partial charge is 0.497 e. The third-order valence-electron chi connectivity index (χ3n) is 3.00. The van der Waals surface area contributed by atoms with Gasteiger partial charge in [-0.1, -0.05) is 6.07 Å². The summed E-state index contributed by atoms with van der Waals surface area (Å²) in [6, 6.07) is 8.92. The van der Waals surface area contributed by atoms with Gasteiger partial charge in [-0.25, -0.2) is 0 Å². The summed E-state index contributed by atoms with van der Waals surface area (Å²) in [5.74, 6) is 0.939. The molecule has 1 aromatic carbocycles. The lowest BCUT2D eigenvalue weighted by Gasteiger charge is -2.33. The molecule has 2 N–H and O–H groups in total. The molecule has 0 saturated carbocycles. The zero-order valence-electron chi connectivity index (χ0n) is 9.44. The molecule has 1 saturated heterocycles. The molecule has 3 heteroatoms. The van der Waals surface area contributed by atoms with Crippen LogP contribution in [0.25, 0.3) is 0 Å². The first-order valence-electron chi connectivity index (χ1n) is 5.53. The van der Waals surface area contributed by atoms with E-state index in [-0.39, 0.29) is 0 Å². The zero-order valence-corrected chi connectivity index (χ0v) is 9.44. The van der Waals surface area contributed by atoms with Crippen molar-refractivity contribution in [1.82, 2.24) is 0 Å². The van der Waals surface area contributed by atoms with E-state index in [4.69, 9.17) is 4.74 Å². The van der Waals surface area contributed by atoms with Crippen LogP contribution in [0, 0.1) is 0 Å². The highest BCUT2D eigenvalue weighted by Gasteiger charge is 2.20. The van der Waals surface area contributed by atoms with E-state index in [9.17, 15) is 0 Å². The summed E-state index contributed by atoms with van der Waals surface area (Å²) in [7, 11) is 1.71. The fourth-order valence-corrected chi connectivity index (χ4v) is 2.11. The van der Waals surface area contributed by atoms with Crippen LogP contribution in [0.3, 0.4) is 0 Å². The number of methoxy groups -OCH3 is 1.